The molecule has 0 unspecified atom stereocenters. The van der Waals surface area contributed by atoms with Crippen molar-refractivity contribution in [3.8, 4) is 0 Å². The van der Waals surface area contributed by atoms with Crippen LogP contribution in [-0.2, 0) is 17.1 Å². The number of H-pyrrole nitrogens is 1. The predicted octanol–water partition coefficient (Wildman–Crippen LogP) is 3.37. The summed E-state index contributed by atoms with van der Waals surface area (Å²) in [6.07, 6.45) is 0.298. The number of hydrogen-bond donors (Lipinski definition) is 2. The van der Waals surface area contributed by atoms with E-state index < -0.39 is 11.4 Å². The van der Waals surface area contributed by atoms with Crippen molar-refractivity contribution in [3.63, 3.8) is 0 Å². The summed E-state index contributed by atoms with van der Waals surface area (Å²) in [5.41, 5.74) is 1.09. The molecule has 0 fully saturated rings. The van der Waals surface area contributed by atoms with Crippen LogP contribution in [0.15, 0.2) is 47.3 Å². The van der Waals surface area contributed by atoms with Gasteiger partial charge in [0.25, 0.3) is 5.56 Å². The molecule has 8 nitrogen and oxygen atoms in total. The van der Waals surface area contributed by atoms with E-state index in [4.69, 9.17) is 11.6 Å². The molecule has 0 saturated heterocycles. The second-order valence-corrected chi connectivity index (χ2v) is 8.09. The van der Waals surface area contributed by atoms with Crippen LogP contribution in [0, 0.1) is 11.6 Å². The van der Waals surface area contributed by atoms with E-state index in [-0.39, 0.29) is 39.5 Å². The molecule has 1 amide bonds. The lowest BCUT2D eigenvalue weighted by Gasteiger charge is -2.06. The number of aromatic amines is 1. The van der Waals surface area contributed by atoms with Gasteiger partial charge in [-0.1, -0.05) is 28.9 Å². The fourth-order valence-electron chi connectivity index (χ4n) is 2.87. The van der Waals surface area contributed by atoms with Crippen molar-refractivity contribution in [1.82, 2.24) is 25.0 Å². The Labute approximate surface area is 189 Å². The maximum Gasteiger partial charge on any atom is 0.281 e. The van der Waals surface area contributed by atoms with Crippen molar-refractivity contribution in [2.45, 2.75) is 12.3 Å². The number of hydrogen-bond acceptors (Lipinski definition) is 6. The van der Waals surface area contributed by atoms with Gasteiger partial charge in [-0.3, -0.25) is 9.59 Å². The molecule has 32 heavy (non-hydrogen) atoms. The maximum atomic E-state index is 13.2. The van der Waals surface area contributed by atoms with Gasteiger partial charge in [0.2, 0.25) is 5.91 Å². The number of halogens is 3. The minimum atomic E-state index is -0.571. The first-order valence-electron chi connectivity index (χ1n) is 9.28. The van der Waals surface area contributed by atoms with Gasteiger partial charge >= 0.3 is 0 Å². The smallest absolute Gasteiger partial charge is 0.281 e. The summed E-state index contributed by atoms with van der Waals surface area (Å²) >= 11 is 6.93. The van der Waals surface area contributed by atoms with Crippen molar-refractivity contribution in [3.05, 3.63) is 80.9 Å². The molecule has 0 saturated carbocycles. The topological polar surface area (TPSA) is 106 Å². The molecule has 2 N–H and O–H groups in total. The molecule has 2 aromatic carbocycles. The lowest BCUT2D eigenvalue weighted by molar-refractivity contribution is -0.113. The molecule has 0 aliphatic rings. The van der Waals surface area contributed by atoms with Crippen LogP contribution in [0.25, 0.3) is 11.2 Å². The van der Waals surface area contributed by atoms with Crippen LogP contribution in [0.3, 0.4) is 0 Å². The number of benzene rings is 2. The Kier molecular flexibility index (Phi) is 6.47. The van der Waals surface area contributed by atoms with Crippen LogP contribution in [0.5, 0.6) is 0 Å². The summed E-state index contributed by atoms with van der Waals surface area (Å²) in [7, 11) is 0. The molecular formula is C20H15ClF2N6O2S. The summed E-state index contributed by atoms with van der Waals surface area (Å²) in [5, 5.41) is 10.3. The van der Waals surface area contributed by atoms with Crippen molar-refractivity contribution in [2.75, 3.05) is 11.1 Å². The van der Waals surface area contributed by atoms with Gasteiger partial charge in [-0.25, -0.2) is 18.4 Å². The highest BCUT2D eigenvalue weighted by Crippen LogP contribution is 2.20. The molecule has 12 heteroatoms. The second kappa shape index (κ2) is 9.45. The molecule has 0 aliphatic heterocycles. The highest BCUT2D eigenvalue weighted by molar-refractivity contribution is 7.99. The Hall–Kier alpha value is -3.31. The number of thioether (sulfide) groups is 1. The summed E-state index contributed by atoms with van der Waals surface area (Å²) in [4.78, 5) is 31.5. The Bertz CT molecular complexity index is 1340. The van der Waals surface area contributed by atoms with Crippen molar-refractivity contribution in [1.29, 1.82) is 0 Å². The highest BCUT2D eigenvalue weighted by Gasteiger charge is 2.13. The van der Waals surface area contributed by atoms with E-state index in [9.17, 15) is 18.4 Å². The molecule has 0 radical (unpaired) electrons. The molecule has 0 aliphatic carbocycles. The number of carbonyl (C=O) groups excluding carboxylic acids is 1. The fraction of sp³-hybridized carbons (Fsp3) is 0.150. The number of rotatable bonds is 7. The van der Waals surface area contributed by atoms with Gasteiger partial charge in [0.15, 0.2) is 11.2 Å². The number of amides is 1. The zero-order valence-electron chi connectivity index (χ0n) is 16.3. The first-order chi connectivity index (χ1) is 15.4. The first kappa shape index (κ1) is 21.9. The number of nitrogens with one attached hydrogen (secondary N) is 2. The maximum absolute atomic E-state index is 13.2. The number of carbonyl (C=O) groups is 1. The molecule has 2 heterocycles. The molecule has 4 aromatic rings. The predicted molar refractivity (Wildman–Crippen MR) is 118 cm³/mol. The van der Waals surface area contributed by atoms with Crippen LogP contribution < -0.4 is 10.9 Å². The molecule has 0 bridgehead atoms. The molecule has 0 atom stereocenters. The number of fused-ring (bicyclic) bond motifs is 1. The fourth-order valence-corrected chi connectivity index (χ4v) is 3.75. The number of anilines is 1. The van der Waals surface area contributed by atoms with E-state index in [2.05, 4.69) is 25.6 Å². The van der Waals surface area contributed by atoms with Gasteiger partial charge < -0.3 is 10.3 Å². The minimum Gasteiger partial charge on any atom is -0.325 e. The summed E-state index contributed by atoms with van der Waals surface area (Å²) in [6, 6.07) is 9.78. The molecule has 4 rings (SSSR count). The van der Waals surface area contributed by atoms with Gasteiger partial charge in [-0.15, -0.1) is 16.9 Å². The Morgan fingerprint density at radius 1 is 1.19 bits per heavy atom. The third kappa shape index (κ3) is 5.11. The van der Waals surface area contributed by atoms with Crippen molar-refractivity contribution < 1.29 is 13.6 Å². The van der Waals surface area contributed by atoms with E-state index in [0.29, 0.717) is 17.9 Å². The third-order valence-corrected chi connectivity index (χ3v) is 5.54. The lowest BCUT2D eigenvalue weighted by Crippen LogP contribution is -2.15. The van der Waals surface area contributed by atoms with E-state index in [1.807, 2.05) is 0 Å². The van der Waals surface area contributed by atoms with Gasteiger partial charge in [0, 0.05) is 12.1 Å². The first-order valence-corrected chi connectivity index (χ1v) is 10.8. The SMILES string of the molecule is O=C(CSCn1nnc2c(=O)[nH]c(Cc3ccc(F)cc3)nc21)Nc1ccc(F)c(Cl)c1. The number of aromatic nitrogens is 5. The van der Waals surface area contributed by atoms with Crippen LogP contribution >= 0.6 is 23.4 Å². The van der Waals surface area contributed by atoms with E-state index in [1.165, 1.54) is 46.8 Å². The normalized spacial score (nSPS) is 11.1. The molecule has 0 spiro atoms. The van der Waals surface area contributed by atoms with E-state index in [0.717, 1.165) is 5.56 Å². The average Bonchev–Trinajstić information content (AvgIpc) is 3.16. The second-order valence-electron chi connectivity index (χ2n) is 6.73. The molecule has 2 aromatic heterocycles. The summed E-state index contributed by atoms with van der Waals surface area (Å²) in [5.74, 6) is -0.559. The zero-order valence-corrected chi connectivity index (χ0v) is 17.9. The minimum absolute atomic E-state index is 0.0714. The zero-order chi connectivity index (χ0) is 22.7. The van der Waals surface area contributed by atoms with Gasteiger partial charge in [-0.2, -0.15) is 0 Å². The van der Waals surface area contributed by atoms with Crippen LogP contribution in [0.2, 0.25) is 5.02 Å². The summed E-state index contributed by atoms with van der Waals surface area (Å²) < 4.78 is 27.7. The average molecular weight is 477 g/mol. The monoisotopic (exact) mass is 476 g/mol. The van der Waals surface area contributed by atoms with E-state index in [1.54, 1.807) is 12.1 Å². The largest absolute Gasteiger partial charge is 0.325 e. The van der Waals surface area contributed by atoms with Crippen molar-refractivity contribution in [2.24, 2.45) is 0 Å². The van der Waals surface area contributed by atoms with Crippen LogP contribution in [0.1, 0.15) is 11.4 Å². The lowest BCUT2D eigenvalue weighted by atomic mass is 10.1. The molecular weight excluding hydrogens is 462 g/mol. The number of nitrogens with zero attached hydrogens (tertiary/aromatic N) is 4. The Balaban J connectivity index is 1.42. The molecule has 164 valence electrons. The summed E-state index contributed by atoms with van der Waals surface area (Å²) in [6.45, 7) is 0. The highest BCUT2D eigenvalue weighted by atomic mass is 35.5. The Morgan fingerprint density at radius 3 is 2.72 bits per heavy atom. The van der Waals surface area contributed by atoms with Crippen LogP contribution in [-0.4, -0.2) is 36.6 Å². The van der Waals surface area contributed by atoms with Crippen LogP contribution in [0.4, 0.5) is 14.5 Å². The van der Waals surface area contributed by atoms with Crippen molar-refractivity contribution >= 4 is 46.1 Å². The third-order valence-electron chi connectivity index (χ3n) is 4.36. The van der Waals surface area contributed by atoms with Gasteiger partial charge in [0.1, 0.15) is 17.5 Å². The standard InChI is InChI=1S/C20H15ClF2N6O2S/c21-14-8-13(5-6-15(14)23)24-17(30)9-32-10-29-19-18(27-28-29)20(31)26-16(25-19)7-11-1-3-12(22)4-2-11/h1-6,8H,7,9-10H2,(H,24,30)(H,25,26,31). The van der Waals surface area contributed by atoms with Gasteiger partial charge in [-0.05, 0) is 35.9 Å². The van der Waals surface area contributed by atoms with E-state index >= 15 is 0 Å². The van der Waals surface area contributed by atoms with Gasteiger partial charge in [0.05, 0.1) is 16.7 Å². The Morgan fingerprint density at radius 2 is 1.97 bits per heavy atom. The quantitative estimate of drug-likeness (QED) is 0.423.